The first kappa shape index (κ1) is 28.1. The van der Waals surface area contributed by atoms with Crippen LogP contribution in [0, 0.1) is 5.41 Å². The van der Waals surface area contributed by atoms with Crippen molar-refractivity contribution >= 4 is 27.7 Å². The first-order valence-corrected chi connectivity index (χ1v) is 13.7. The van der Waals surface area contributed by atoms with E-state index in [-0.39, 0.29) is 36.9 Å². The minimum absolute atomic E-state index is 0.0337. The average molecular weight is 532 g/mol. The van der Waals surface area contributed by atoms with Crippen molar-refractivity contribution in [1.82, 2.24) is 14.1 Å². The number of amides is 1. The van der Waals surface area contributed by atoms with Gasteiger partial charge in [0.15, 0.2) is 0 Å². The van der Waals surface area contributed by atoms with E-state index in [1.165, 1.54) is 16.4 Å². The first-order valence-electron chi connectivity index (χ1n) is 11.9. The van der Waals surface area contributed by atoms with Crippen LogP contribution in [0.4, 0.5) is 4.79 Å². The van der Waals surface area contributed by atoms with Crippen molar-refractivity contribution in [3.05, 3.63) is 29.3 Å². The Labute approximate surface area is 214 Å². The molecule has 2 aliphatic rings. The van der Waals surface area contributed by atoms with Gasteiger partial charge in [0.1, 0.15) is 6.61 Å². The van der Waals surface area contributed by atoms with Crippen LogP contribution in [-0.4, -0.2) is 104 Å². The standard InChI is InChI=1S/C24H38ClN3O6S/c1-23(2,3)21-16-33-14-19(28(21)35(31,32)20-8-6-18(25)7-9-20)15-34-22(30)26-10-12-27(13-11-26)24(4,5)17-29/h6-9,19,21,29H,10-17H2,1-5H3/t19-,21+/m1/s1. The molecule has 9 nitrogen and oxygen atoms in total. The third-order valence-corrected chi connectivity index (χ3v) is 9.05. The lowest BCUT2D eigenvalue weighted by molar-refractivity contribution is -0.0605. The number of piperazine rings is 1. The first-order chi connectivity index (χ1) is 16.3. The number of aliphatic hydroxyl groups is 1. The Kier molecular flexibility index (Phi) is 8.77. The van der Waals surface area contributed by atoms with Gasteiger partial charge in [-0.15, -0.1) is 0 Å². The molecule has 0 saturated carbocycles. The van der Waals surface area contributed by atoms with Crippen LogP contribution in [-0.2, 0) is 19.5 Å². The van der Waals surface area contributed by atoms with Crippen molar-refractivity contribution in [3.63, 3.8) is 0 Å². The van der Waals surface area contributed by atoms with Crippen molar-refractivity contribution in [1.29, 1.82) is 0 Å². The van der Waals surface area contributed by atoms with Crippen LogP contribution >= 0.6 is 11.6 Å². The minimum Gasteiger partial charge on any atom is -0.448 e. The fourth-order valence-corrected chi connectivity index (χ4v) is 6.49. The summed E-state index contributed by atoms with van der Waals surface area (Å²) in [5, 5.41) is 10.0. The van der Waals surface area contributed by atoms with Gasteiger partial charge >= 0.3 is 6.09 Å². The number of halogens is 1. The predicted octanol–water partition coefficient (Wildman–Crippen LogP) is 2.67. The maximum atomic E-state index is 13.7. The van der Waals surface area contributed by atoms with E-state index in [9.17, 15) is 18.3 Å². The largest absolute Gasteiger partial charge is 0.448 e. The number of carbonyl (C=O) groups is 1. The van der Waals surface area contributed by atoms with Gasteiger partial charge in [-0.2, -0.15) is 4.31 Å². The van der Waals surface area contributed by atoms with E-state index in [0.29, 0.717) is 31.2 Å². The maximum Gasteiger partial charge on any atom is 0.409 e. The molecular formula is C24H38ClN3O6S. The molecule has 1 aromatic carbocycles. The summed E-state index contributed by atoms with van der Waals surface area (Å²) in [5.74, 6) is 0. The molecule has 0 aromatic heterocycles. The Morgan fingerprint density at radius 3 is 2.23 bits per heavy atom. The fourth-order valence-electron chi connectivity index (χ4n) is 4.42. The number of sulfonamides is 1. The second kappa shape index (κ2) is 10.9. The summed E-state index contributed by atoms with van der Waals surface area (Å²) < 4.78 is 40.3. The summed E-state index contributed by atoms with van der Waals surface area (Å²) in [7, 11) is -3.90. The molecule has 198 valence electrons. The second-order valence-electron chi connectivity index (χ2n) is 10.9. The van der Waals surface area contributed by atoms with E-state index >= 15 is 0 Å². The minimum atomic E-state index is -3.90. The molecule has 2 aliphatic heterocycles. The molecule has 0 aliphatic carbocycles. The maximum absolute atomic E-state index is 13.7. The van der Waals surface area contributed by atoms with Crippen LogP contribution in [0.3, 0.4) is 0 Å². The van der Waals surface area contributed by atoms with E-state index in [1.54, 1.807) is 17.0 Å². The normalized spacial score (nSPS) is 23.3. The van der Waals surface area contributed by atoms with Crippen molar-refractivity contribution in [3.8, 4) is 0 Å². The fraction of sp³-hybridized carbons (Fsp3) is 0.708. The van der Waals surface area contributed by atoms with Gasteiger partial charge in [-0.3, -0.25) is 4.90 Å². The highest BCUT2D eigenvalue weighted by atomic mass is 35.5. The molecule has 1 N–H and O–H groups in total. The molecule has 11 heteroatoms. The summed E-state index contributed by atoms with van der Waals surface area (Å²) in [6, 6.07) is 4.98. The molecule has 35 heavy (non-hydrogen) atoms. The van der Waals surface area contributed by atoms with E-state index in [1.807, 2.05) is 34.6 Å². The third kappa shape index (κ3) is 6.47. The Morgan fingerprint density at radius 1 is 1.09 bits per heavy atom. The number of hydrogen-bond acceptors (Lipinski definition) is 7. The third-order valence-electron chi connectivity index (χ3n) is 6.82. The van der Waals surface area contributed by atoms with Crippen LogP contribution in [0.2, 0.25) is 5.02 Å². The lowest BCUT2D eigenvalue weighted by atomic mass is 9.86. The molecule has 0 spiro atoms. The zero-order valence-electron chi connectivity index (χ0n) is 21.2. The topological polar surface area (TPSA) is 99.6 Å². The summed E-state index contributed by atoms with van der Waals surface area (Å²) in [5.41, 5.74) is -0.758. The lowest BCUT2D eigenvalue weighted by Crippen LogP contribution is -2.61. The van der Waals surface area contributed by atoms with Gasteiger partial charge in [0.2, 0.25) is 10.0 Å². The lowest BCUT2D eigenvalue weighted by Gasteiger charge is -2.46. The molecule has 0 unspecified atom stereocenters. The van der Waals surface area contributed by atoms with E-state index in [4.69, 9.17) is 21.1 Å². The molecule has 1 aromatic rings. The summed E-state index contributed by atoms with van der Waals surface area (Å²) in [6.07, 6.45) is -0.479. The second-order valence-corrected chi connectivity index (χ2v) is 13.2. The number of aliphatic hydroxyl groups excluding tert-OH is 1. The van der Waals surface area contributed by atoms with E-state index in [2.05, 4.69) is 4.90 Å². The van der Waals surface area contributed by atoms with Gasteiger partial charge in [0.25, 0.3) is 0 Å². The summed E-state index contributed by atoms with van der Waals surface area (Å²) in [4.78, 5) is 16.7. The van der Waals surface area contributed by atoms with Crippen molar-refractivity contribution < 1.29 is 27.8 Å². The van der Waals surface area contributed by atoms with Crippen molar-refractivity contribution in [2.75, 3.05) is 52.6 Å². The molecule has 2 atom stereocenters. The molecule has 2 heterocycles. The summed E-state index contributed by atoms with van der Waals surface area (Å²) >= 11 is 5.97. The van der Waals surface area contributed by atoms with Crippen LogP contribution in [0.15, 0.2) is 29.2 Å². The quantitative estimate of drug-likeness (QED) is 0.602. The summed E-state index contributed by atoms with van der Waals surface area (Å²) in [6.45, 7) is 12.3. The van der Waals surface area contributed by atoms with Crippen LogP contribution in [0.5, 0.6) is 0 Å². The van der Waals surface area contributed by atoms with Crippen LogP contribution < -0.4 is 0 Å². The van der Waals surface area contributed by atoms with Gasteiger partial charge in [-0.1, -0.05) is 32.4 Å². The number of morpholine rings is 1. The average Bonchev–Trinajstić information content (AvgIpc) is 2.82. The van der Waals surface area contributed by atoms with E-state index in [0.717, 1.165) is 0 Å². The van der Waals surface area contributed by atoms with Crippen LogP contribution in [0.25, 0.3) is 0 Å². The molecule has 3 rings (SSSR count). The number of benzene rings is 1. The molecular weight excluding hydrogens is 494 g/mol. The molecule has 1 amide bonds. The highest BCUT2D eigenvalue weighted by Crippen LogP contribution is 2.34. The zero-order chi connectivity index (χ0) is 26.0. The Balaban J connectivity index is 1.73. The Hall–Kier alpha value is -1.43. The molecule has 2 fully saturated rings. The van der Waals surface area contributed by atoms with Crippen LogP contribution in [0.1, 0.15) is 34.6 Å². The molecule has 0 bridgehead atoms. The number of ether oxygens (including phenoxy) is 2. The molecule has 2 saturated heterocycles. The number of rotatable bonds is 6. The van der Waals surface area contributed by atoms with E-state index < -0.39 is 33.6 Å². The smallest absolute Gasteiger partial charge is 0.409 e. The number of nitrogens with zero attached hydrogens (tertiary/aromatic N) is 3. The van der Waals surface area contributed by atoms with Gasteiger partial charge < -0.3 is 19.5 Å². The monoisotopic (exact) mass is 531 g/mol. The number of hydrogen-bond donors (Lipinski definition) is 1. The highest BCUT2D eigenvalue weighted by Gasteiger charge is 2.46. The van der Waals surface area contributed by atoms with Gasteiger partial charge in [-0.05, 0) is 43.5 Å². The molecule has 0 radical (unpaired) electrons. The number of carbonyl (C=O) groups excluding carboxylic acids is 1. The predicted molar refractivity (Wildman–Crippen MR) is 134 cm³/mol. The van der Waals surface area contributed by atoms with Gasteiger partial charge in [0.05, 0.1) is 36.8 Å². The van der Waals surface area contributed by atoms with Gasteiger partial charge in [-0.25, -0.2) is 13.2 Å². The highest BCUT2D eigenvalue weighted by molar-refractivity contribution is 7.89. The van der Waals surface area contributed by atoms with Gasteiger partial charge in [0, 0.05) is 36.7 Å². The van der Waals surface area contributed by atoms with Crippen molar-refractivity contribution in [2.45, 2.75) is 57.1 Å². The Bertz CT molecular complexity index is 972. The Morgan fingerprint density at radius 2 is 1.69 bits per heavy atom. The zero-order valence-corrected chi connectivity index (χ0v) is 22.8. The SMILES string of the molecule is CC(C)(C)[C@@H]1COC[C@H](COC(=O)N2CCN(C(C)(C)CO)CC2)N1S(=O)(=O)c1ccc(Cl)cc1. The van der Waals surface area contributed by atoms with Crippen molar-refractivity contribution in [2.24, 2.45) is 5.41 Å².